The number of rotatable bonds is 37. The minimum atomic E-state index is -0.192. The number of likely N-dealkylation sites (tertiary alicyclic amines) is 1. The van der Waals surface area contributed by atoms with Gasteiger partial charge in [0.25, 0.3) is 0 Å². The summed E-state index contributed by atoms with van der Waals surface area (Å²) in [6, 6.07) is 0. The summed E-state index contributed by atoms with van der Waals surface area (Å²) >= 11 is 0. The van der Waals surface area contributed by atoms with Gasteiger partial charge in [0.1, 0.15) is 0 Å². The van der Waals surface area contributed by atoms with Gasteiger partial charge in [-0.3, -0.25) is 9.59 Å². The summed E-state index contributed by atoms with van der Waals surface area (Å²) in [6.45, 7) is 11.2. The zero-order valence-electron chi connectivity index (χ0n) is 34.1. The summed E-state index contributed by atoms with van der Waals surface area (Å²) in [6.07, 6.45) is 33.6. The van der Waals surface area contributed by atoms with Crippen LogP contribution in [0.1, 0.15) is 207 Å². The number of hydrogen-bond donors (Lipinski definition) is 1. The molecule has 0 bridgehead atoms. The Morgan fingerprint density at radius 2 is 1.16 bits per heavy atom. The number of carbonyl (C=O) groups is 2. The van der Waals surface area contributed by atoms with Crippen molar-refractivity contribution in [2.24, 2.45) is 11.8 Å². The Morgan fingerprint density at radius 1 is 0.627 bits per heavy atom. The van der Waals surface area contributed by atoms with Crippen LogP contribution in [0.25, 0.3) is 0 Å². The normalized spacial score (nSPS) is 17.1. The first-order chi connectivity index (χ1) is 25.0. The van der Waals surface area contributed by atoms with E-state index < -0.39 is 0 Å². The molecule has 0 aromatic heterocycles. The molecule has 51 heavy (non-hydrogen) atoms. The van der Waals surface area contributed by atoms with Crippen LogP contribution in [0.3, 0.4) is 0 Å². The van der Waals surface area contributed by atoms with Gasteiger partial charge in [-0.1, -0.05) is 156 Å². The molecule has 302 valence electrons. The second-order valence-corrected chi connectivity index (χ2v) is 15.7. The topological polar surface area (TPSA) is 85.3 Å². The maximum Gasteiger partial charge on any atom is 0.311 e. The van der Waals surface area contributed by atoms with Gasteiger partial charge in [0.2, 0.25) is 0 Å². The molecule has 3 atom stereocenters. The highest BCUT2D eigenvalue weighted by atomic mass is 16.5. The van der Waals surface area contributed by atoms with Crippen molar-refractivity contribution in [1.82, 2.24) is 4.90 Å². The molecule has 1 saturated heterocycles. The Labute approximate surface area is 316 Å². The predicted octanol–water partition coefficient (Wildman–Crippen LogP) is 11.4. The minimum Gasteiger partial charge on any atom is -0.465 e. The van der Waals surface area contributed by atoms with Gasteiger partial charge in [0.15, 0.2) is 0 Å². The summed E-state index contributed by atoms with van der Waals surface area (Å²) < 4.78 is 17.8. The summed E-state index contributed by atoms with van der Waals surface area (Å²) in [5.41, 5.74) is 0. The lowest BCUT2D eigenvalue weighted by Crippen LogP contribution is -2.48. The zero-order chi connectivity index (χ0) is 37.0. The maximum atomic E-state index is 13.1. The van der Waals surface area contributed by atoms with Crippen LogP contribution in [0.15, 0.2) is 0 Å². The molecule has 0 aromatic carbocycles. The Kier molecular flexibility index (Phi) is 33.6. The fraction of sp³-hybridized carbons (Fsp3) is 0.955. The van der Waals surface area contributed by atoms with Crippen LogP contribution in [0.4, 0.5) is 0 Å². The first-order valence-corrected chi connectivity index (χ1v) is 22.3. The molecular weight excluding hydrogens is 638 g/mol. The van der Waals surface area contributed by atoms with E-state index in [2.05, 4.69) is 25.7 Å². The standard InChI is InChI=1S/C44H85NO6/c1-4-7-10-12-13-14-15-16-19-22-26-36-49-42-38-45(33-28-35-46)34-32-41(42)44(48)50-37-27-23-20-17-18-21-25-31-43(47)51-39-40(29-9-6-3)30-24-11-8-5-2/h40-42,46H,4-39H2,1-3H3. The van der Waals surface area contributed by atoms with Gasteiger partial charge in [-0.2, -0.15) is 0 Å². The highest BCUT2D eigenvalue weighted by molar-refractivity contribution is 5.73. The number of esters is 2. The zero-order valence-corrected chi connectivity index (χ0v) is 34.1. The first kappa shape index (κ1) is 47.8. The van der Waals surface area contributed by atoms with Crippen LogP contribution in [0.5, 0.6) is 0 Å². The van der Waals surface area contributed by atoms with Gasteiger partial charge in [-0.15, -0.1) is 0 Å². The fourth-order valence-electron chi connectivity index (χ4n) is 7.40. The lowest BCUT2D eigenvalue weighted by Gasteiger charge is -2.37. The number of ether oxygens (including phenoxy) is 3. The molecule has 0 radical (unpaired) electrons. The van der Waals surface area contributed by atoms with Crippen LogP contribution in [0, 0.1) is 11.8 Å². The molecule has 1 N–H and O–H groups in total. The summed E-state index contributed by atoms with van der Waals surface area (Å²) in [5, 5.41) is 9.30. The van der Waals surface area contributed by atoms with Crippen molar-refractivity contribution in [3.8, 4) is 0 Å². The third-order valence-electron chi connectivity index (χ3n) is 10.8. The van der Waals surface area contributed by atoms with Crippen LogP contribution in [-0.4, -0.2) is 74.1 Å². The summed E-state index contributed by atoms with van der Waals surface area (Å²) in [5.74, 6) is 0.215. The third-order valence-corrected chi connectivity index (χ3v) is 10.8. The van der Waals surface area contributed by atoms with Gasteiger partial charge in [0.05, 0.1) is 25.2 Å². The van der Waals surface area contributed by atoms with E-state index in [4.69, 9.17) is 14.2 Å². The van der Waals surface area contributed by atoms with Gasteiger partial charge >= 0.3 is 11.9 Å². The number of hydrogen-bond acceptors (Lipinski definition) is 7. The molecule has 0 aliphatic carbocycles. The second-order valence-electron chi connectivity index (χ2n) is 15.7. The van der Waals surface area contributed by atoms with E-state index in [0.29, 0.717) is 32.2 Å². The fourth-order valence-corrected chi connectivity index (χ4v) is 7.40. The van der Waals surface area contributed by atoms with Crippen molar-refractivity contribution in [3.63, 3.8) is 0 Å². The van der Waals surface area contributed by atoms with Crippen molar-refractivity contribution in [3.05, 3.63) is 0 Å². The number of piperidine rings is 1. The predicted molar refractivity (Wildman–Crippen MR) is 213 cm³/mol. The summed E-state index contributed by atoms with van der Waals surface area (Å²) in [4.78, 5) is 27.8. The van der Waals surface area contributed by atoms with E-state index in [1.165, 1.54) is 116 Å². The Hall–Kier alpha value is -1.18. The van der Waals surface area contributed by atoms with Crippen LogP contribution in [-0.2, 0) is 23.8 Å². The highest BCUT2D eigenvalue weighted by Gasteiger charge is 2.35. The van der Waals surface area contributed by atoms with E-state index in [1.807, 2.05) is 0 Å². The van der Waals surface area contributed by atoms with Crippen molar-refractivity contribution in [1.29, 1.82) is 0 Å². The van der Waals surface area contributed by atoms with Crippen molar-refractivity contribution >= 4 is 11.9 Å². The van der Waals surface area contributed by atoms with E-state index in [1.54, 1.807) is 0 Å². The number of aliphatic hydroxyl groups excluding tert-OH is 1. The quantitative estimate of drug-likeness (QED) is 0.0504. The maximum absolute atomic E-state index is 13.1. The van der Waals surface area contributed by atoms with Gasteiger partial charge in [0, 0.05) is 32.7 Å². The molecule has 7 heteroatoms. The first-order valence-electron chi connectivity index (χ1n) is 22.3. The molecule has 1 aliphatic rings. The molecule has 3 unspecified atom stereocenters. The van der Waals surface area contributed by atoms with Gasteiger partial charge in [-0.05, 0) is 57.4 Å². The SMILES string of the molecule is CCCCCCCCCCCCCOC1CN(CCCO)CCC1C(=O)OCCCCCCCCCC(=O)OCC(CCCC)CCCCCC. The molecule has 0 spiro atoms. The molecule has 0 amide bonds. The molecule has 1 rings (SSSR count). The minimum absolute atomic E-state index is 0.0237. The third kappa shape index (κ3) is 28.0. The molecular formula is C44H85NO6. The largest absolute Gasteiger partial charge is 0.465 e. The highest BCUT2D eigenvalue weighted by Crippen LogP contribution is 2.24. The van der Waals surface area contributed by atoms with Gasteiger partial charge < -0.3 is 24.2 Å². The molecule has 1 fully saturated rings. The molecule has 7 nitrogen and oxygen atoms in total. The van der Waals surface area contributed by atoms with Gasteiger partial charge in [-0.25, -0.2) is 0 Å². The smallest absolute Gasteiger partial charge is 0.311 e. The van der Waals surface area contributed by atoms with Crippen molar-refractivity contribution < 1.29 is 28.9 Å². The Bertz CT molecular complexity index is 779. The van der Waals surface area contributed by atoms with Crippen molar-refractivity contribution in [2.75, 3.05) is 46.1 Å². The number of aliphatic hydroxyl groups is 1. The Morgan fingerprint density at radius 3 is 1.76 bits per heavy atom. The van der Waals surface area contributed by atoms with Crippen molar-refractivity contribution in [2.45, 2.75) is 213 Å². The van der Waals surface area contributed by atoms with Crippen LogP contribution < -0.4 is 0 Å². The lowest BCUT2D eigenvalue weighted by molar-refractivity contribution is -0.158. The summed E-state index contributed by atoms with van der Waals surface area (Å²) in [7, 11) is 0. The number of carbonyl (C=O) groups excluding carboxylic acids is 2. The molecule has 0 saturated carbocycles. The van der Waals surface area contributed by atoms with Crippen LogP contribution >= 0.6 is 0 Å². The molecule has 1 heterocycles. The molecule has 1 aliphatic heterocycles. The van der Waals surface area contributed by atoms with E-state index in [-0.39, 0.29) is 30.6 Å². The Balaban J connectivity index is 2.17. The molecule has 0 aromatic rings. The lowest BCUT2D eigenvalue weighted by atomic mass is 9.93. The monoisotopic (exact) mass is 724 g/mol. The van der Waals surface area contributed by atoms with Crippen LogP contribution in [0.2, 0.25) is 0 Å². The van der Waals surface area contributed by atoms with E-state index in [9.17, 15) is 14.7 Å². The number of nitrogens with zero attached hydrogens (tertiary/aromatic N) is 1. The average molecular weight is 724 g/mol. The van der Waals surface area contributed by atoms with E-state index >= 15 is 0 Å². The number of unbranched alkanes of at least 4 members (excludes halogenated alkanes) is 20. The van der Waals surface area contributed by atoms with E-state index in [0.717, 1.165) is 83.8 Å². The second kappa shape index (κ2) is 35.8. The average Bonchev–Trinajstić information content (AvgIpc) is 3.14.